The lowest BCUT2D eigenvalue weighted by molar-refractivity contribution is 0.272. The highest BCUT2D eigenvalue weighted by atomic mass is 16.5. The number of hydrogen-bond donors (Lipinski definition) is 1. The predicted molar refractivity (Wildman–Crippen MR) is 87.3 cm³/mol. The summed E-state index contributed by atoms with van der Waals surface area (Å²) in [5, 5.41) is 1.44. The highest BCUT2D eigenvalue weighted by Crippen LogP contribution is 2.48. The van der Waals surface area contributed by atoms with Crippen molar-refractivity contribution in [2.24, 2.45) is 5.92 Å². The Hall–Kier alpha value is -1.44. The molecular weight excluding hydrogens is 258 g/mol. The van der Waals surface area contributed by atoms with Gasteiger partial charge in [0.05, 0.1) is 7.11 Å². The maximum absolute atomic E-state index is 5.64. The molecule has 1 heterocycles. The highest BCUT2D eigenvalue weighted by Gasteiger charge is 2.34. The summed E-state index contributed by atoms with van der Waals surface area (Å²) >= 11 is 0. The molecule has 2 nitrogen and oxygen atoms in total. The van der Waals surface area contributed by atoms with Crippen LogP contribution in [0.15, 0.2) is 6.07 Å². The number of H-pyrrole nitrogens is 1. The SMILES string of the molecule is COc1c(C)cc2[nH]c3c(c2c1C)CC[C@H]1CCCC[C@H]31. The second kappa shape index (κ2) is 4.79. The topological polar surface area (TPSA) is 25.0 Å². The molecule has 2 heteroatoms. The summed E-state index contributed by atoms with van der Waals surface area (Å²) in [6.45, 7) is 4.36. The molecule has 0 spiro atoms. The van der Waals surface area contributed by atoms with E-state index in [4.69, 9.17) is 4.74 Å². The lowest BCUT2D eigenvalue weighted by Gasteiger charge is -2.35. The third-order valence-electron chi connectivity index (χ3n) is 5.85. The number of rotatable bonds is 1. The lowest BCUT2D eigenvalue weighted by Crippen LogP contribution is -2.23. The summed E-state index contributed by atoms with van der Waals surface area (Å²) < 4.78 is 5.64. The number of nitrogens with one attached hydrogen (secondary N) is 1. The molecule has 2 aliphatic carbocycles. The molecule has 112 valence electrons. The average Bonchev–Trinajstić information content (AvgIpc) is 2.86. The molecule has 2 aromatic rings. The van der Waals surface area contributed by atoms with Crippen molar-refractivity contribution in [3.63, 3.8) is 0 Å². The smallest absolute Gasteiger partial charge is 0.125 e. The fraction of sp³-hybridized carbons (Fsp3) is 0.579. The lowest BCUT2D eigenvalue weighted by atomic mass is 9.70. The number of benzene rings is 1. The van der Waals surface area contributed by atoms with E-state index in [1.165, 1.54) is 60.6 Å². The van der Waals surface area contributed by atoms with Gasteiger partial charge in [-0.25, -0.2) is 0 Å². The van der Waals surface area contributed by atoms with Gasteiger partial charge in [-0.15, -0.1) is 0 Å². The van der Waals surface area contributed by atoms with Gasteiger partial charge < -0.3 is 9.72 Å². The van der Waals surface area contributed by atoms with Gasteiger partial charge in [0.15, 0.2) is 0 Å². The zero-order chi connectivity index (χ0) is 14.6. The first-order chi connectivity index (χ1) is 10.2. The maximum Gasteiger partial charge on any atom is 0.125 e. The molecule has 21 heavy (non-hydrogen) atoms. The maximum atomic E-state index is 5.64. The number of methoxy groups -OCH3 is 1. The van der Waals surface area contributed by atoms with E-state index >= 15 is 0 Å². The molecule has 0 bridgehead atoms. The number of fused-ring (bicyclic) bond motifs is 5. The first-order valence-corrected chi connectivity index (χ1v) is 8.39. The van der Waals surface area contributed by atoms with E-state index in [0.717, 1.165) is 17.6 Å². The third kappa shape index (κ3) is 1.84. The summed E-state index contributed by atoms with van der Waals surface area (Å²) in [5.41, 5.74) is 7.02. The molecule has 0 aliphatic heterocycles. The Morgan fingerprint density at radius 3 is 2.76 bits per heavy atom. The predicted octanol–water partition coefficient (Wildman–Crippen LogP) is 5.01. The van der Waals surface area contributed by atoms with Crippen molar-refractivity contribution in [2.45, 2.75) is 58.3 Å². The van der Waals surface area contributed by atoms with Crippen LogP contribution in [0.5, 0.6) is 5.75 Å². The standard InChI is InChI=1S/C19H25NO/c1-11-10-16-17(12(2)19(11)21-3)15-9-8-13-6-4-5-7-14(13)18(15)20-16/h10,13-14,20H,4-9H2,1-3H3/t13-,14+/m1/s1. The van der Waals surface area contributed by atoms with Gasteiger partial charge in [0.1, 0.15) is 5.75 Å². The summed E-state index contributed by atoms with van der Waals surface area (Å²) in [7, 11) is 1.79. The molecule has 2 atom stereocenters. The minimum Gasteiger partial charge on any atom is -0.496 e. The first-order valence-electron chi connectivity index (χ1n) is 8.39. The quantitative estimate of drug-likeness (QED) is 0.781. The van der Waals surface area contributed by atoms with E-state index in [1.807, 2.05) is 0 Å². The monoisotopic (exact) mass is 283 g/mol. The van der Waals surface area contributed by atoms with Crippen LogP contribution in [-0.4, -0.2) is 12.1 Å². The van der Waals surface area contributed by atoms with Gasteiger partial charge in [-0.2, -0.15) is 0 Å². The van der Waals surface area contributed by atoms with E-state index in [0.29, 0.717) is 0 Å². The highest BCUT2D eigenvalue weighted by molar-refractivity contribution is 5.91. The van der Waals surface area contributed by atoms with Crippen LogP contribution in [-0.2, 0) is 6.42 Å². The van der Waals surface area contributed by atoms with Crippen LogP contribution in [0.25, 0.3) is 10.9 Å². The Balaban J connectivity index is 1.94. The van der Waals surface area contributed by atoms with Gasteiger partial charge in [0.2, 0.25) is 0 Å². The van der Waals surface area contributed by atoms with Gasteiger partial charge >= 0.3 is 0 Å². The Morgan fingerprint density at radius 1 is 1.14 bits per heavy atom. The average molecular weight is 283 g/mol. The summed E-state index contributed by atoms with van der Waals surface area (Å²) in [5.74, 6) is 2.76. The van der Waals surface area contributed by atoms with Gasteiger partial charge in [-0.1, -0.05) is 12.8 Å². The van der Waals surface area contributed by atoms with Crippen molar-refractivity contribution in [3.8, 4) is 5.75 Å². The zero-order valence-corrected chi connectivity index (χ0v) is 13.4. The molecule has 1 aromatic heterocycles. The molecule has 2 aliphatic rings. The molecule has 1 saturated carbocycles. The normalized spacial score (nSPS) is 24.7. The van der Waals surface area contributed by atoms with Gasteiger partial charge in [0.25, 0.3) is 0 Å². The molecule has 4 rings (SSSR count). The largest absolute Gasteiger partial charge is 0.496 e. The number of hydrogen-bond acceptors (Lipinski definition) is 1. The summed E-state index contributed by atoms with van der Waals surface area (Å²) in [6, 6.07) is 2.28. The van der Waals surface area contributed by atoms with Crippen LogP contribution in [0.3, 0.4) is 0 Å². The molecule has 0 amide bonds. The zero-order valence-electron chi connectivity index (χ0n) is 13.4. The van der Waals surface area contributed by atoms with E-state index < -0.39 is 0 Å². The van der Waals surface area contributed by atoms with Crippen molar-refractivity contribution >= 4 is 10.9 Å². The van der Waals surface area contributed by atoms with Crippen molar-refractivity contribution in [3.05, 3.63) is 28.5 Å². The number of aromatic nitrogens is 1. The van der Waals surface area contributed by atoms with Crippen LogP contribution in [0.1, 0.15) is 60.4 Å². The fourth-order valence-corrected chi connectivity index (χ4v) is 4.96. The Kier molecular flexibility index (Phi) is 3.02. The van der Waals surface area contributed by atoms with E-state index in [2.05, 4.69) is 24.9 Å². The van der Waals surface area contributed by atoms with Crippen LogP contribution < -0.4 is 4.74 Å². The van der Waals surface area contributed by atoms with Crippen LogP contribution in [0.4, 0.5) is 0 Å². The Labute approximate surface area is 126 Å². The minimum atomic E-state index is 0.778. The second-order valence-corrected chi connectivity index (χ2v) is 6.98. The number of aromatic amines is 1. The molecular formula is C19H25NO. The molecule has 1 N–H and O–H groups in total. The molecule has 0 saturated heterocycles. The number of ether oxygens (including phenoxy) is 1. The molecule has 1 aromatic carbocycles. The second-order valence-electron chi connectivity index (χ2n) is 6.98. The van der Waals surface area contributed by atoms with Crippen molar-refractivity contribution < 1.29 is 4.74 Å². The van der Waals surface area contributed by atoms with Crippen LogP contribution in [0, 0.1) is 19.8 Å². The third-order valence-corrected chi connectivity index (χ3v) is 5.85. The van der Waals surface area contributed by atoms with Gasteiger partial charge in [-0.05, 0) is 62.6 Å². The minimum absolute atomic E-state index is 0.778. The van der Waals surface area contributed by atoms with Crippen molar-refractivity contribution in [2.75, 3.05) is 7.11 Å². The fourth-order valence-electron chi connectivity index (χ4n) is 4.96. The molecule has 0 unspecified atom stereocenters. The van der Waals surface area contributed by atoms with E-state index in [9.17, 15) is 0 Å². The van der Waals surface area contributed by atoms with Gasteiger partial charge in [0, 0.05) is 28.1 Å². The van der Waals surface area contributed by atoms with E-state index in [1.54, 1.807) is 18.4 Å². The molecule has 1 fully saturated rings. The Morgan fingerprint density at radius 2 is 1.95 bits per heavy atom. The van der Waals surface area contributed by atoms with Crippen LogP contribution >= 0.6 is 0 Å². The number of aryl methyl sites for hydroxylation is 3. The first kappa shape index (κ1) is 13.2. The van der Waals surface area contributed by atoms with Gasteiger partial charge in [-0.3, -0.25) is 0 Å². The Bertz CT molecular complexity index is 697. The summed E-state index contributed by atoms with van der Waals surface area (Å²) in [6.07, 6.45) is 8.25. The van der Waals surface area contributed by atoms with Crippen LogP contribution in [0.2, 0.25) is 0 Å². The molecule has 0 radical (unpaired) electrons. The van der Waals surface area contributed by atoms with Crippen molar-refractivity contribution in [1.29, 1.82) is 0 Å². The van der Waals surface area contributed by atoms with E-state index in [-0.39, 0.29) is 0 Å². The summed E-state index contributed by atoms with van der Waals surface area (Å²) in [4.78, 5) is 3.79. The van der Waals surface area contributed by atoms with Crippen molar-refractivity contribution in [1.82, 2.24) is 4.98 Å².